The summed E-state index contributed by atoms with van der Waals surface area (Å²) in [5.74, 6) is 0.796. The molecule has 3 atom stereocenters. The number of halogens is 3. The third kappa shape index (κ3) is 17.5. The topological polar surface area (TPSA) is 71.8 Å². The van der Waals surface area contributed by atoms with Gasteiger partial charge in [0.1, 0.15) is 11.8 Å². The molecule has 0 aromatic carbocycles. The van der Waals surface area contributed by atoms with E-state index in [0.29, 0.717) is 13.0 Å². The number of hydrogen-bond donors (Lipinski definition) is 2. The number of aliphatic hydroxyl groups excluding tert-OH is 2. The van der Waals surface area contributed by atoms with E-state index in [1.54, 1.807) is 13.0 Å². The number of alkyl halides is 3. The lowest BCUT2D eigenvalue weighted by atomic mass is 10.0. The minimum Gasteiger partial charge on any atom is -0.481 e. The minimum absolute atomic E-state index is 0.0372. The Hall–Kier alpha value is -2.16. The number of ether oxygens (including phenoxy) is 2. The first-order valence-electron chi connectivity index (χ1n) is 10.4. The maximum Gasteiger partial charge on any atom is 0.433 e. The van der Waals surface area contributed by atoms with Crippen LogP contribution in [0.15, 0.2) is 55.2 Å². The standard InChI is InChI=1S/C7H6F3NO.C7H10.C6H12O3.C4H10/c1-12-6-4-2-3-5(11-6)7(8,9)10;1-3-5-7-6-4-2;1-4-6(8)5(7)2-3-9-4;1-4(2)3/h2-4H,1H3;3-7H,1H2,2H3;4-8H,2-3H2,1H3;4H,1-3H3/b;6-4-,7-5-;;. The first-order chi connectivity index (χ1) is 14.9. The molecule has 184 valence electrons. The zero-order valence-electron chi connectivity index (χ0n) is 19.8. The SMILES string of the molecule is C=C/C=C\C=C/C.CC(C)C.CC1OCCC(O)C1O.COc1cccc(C(F)(F)F)n1. The number of pyridine rings is 1. The van der Waals surface area contributed by atoms with E-state index >= 15 is 0 Å². The van der Waals surface area contributed by atoms with Gasteiger partial charge in [-0.1, -0.05) is 63.8 Å². The van der Waals surface area contributed by atoms with Crippen molar-refractivity contribution < 1.29 is 32.9 Å². The summed E-state index contributed by atoms with van der Waals surface area (Å²) in [6.07, 6.45) is 4.15. The maximum atomic E-state index is 12.0. The summed E-state index contributed by atoms with van der Waals surface area (Å²) in [7, 11) is 1.27. The normalized spacial score (nSPS) is 20.4. The molecular weight excluding hydrogens is 423 g/mol. The Labute approximate surface area is 190 Å². The average molecular weight is 462 g/mol. The van der Waals surface area contributed by atoms with Gasteiger partial charge in [0.15, 0.2) is 0 Å². The fourth-order valence-corrected chi connectivity index (χ4v) is 1.90. The van der Waals surface area contributed by atoms with Crippen LogP contribution in [0, 0.1) is 5.92 Å². The zero-order valence-corrected chi connectivity index (χ0v) is 19.8. The van der Waals surface area contributed by atoms with E-state index in [4.69, 9.17) is 14.9 Å². The molecule has 0 radical (unpaired) electrons. The minimum atomic E-state index is -4.41. The number of aliphatic hydroxyl groups is 2. The molecule has 0 spiro atoms. The summed E-state index contributed by atoms with van der Waals surface area (Å²) in [6.45, 7) is 14.3. The fourth-order valence-electron chi connectivity index (χ4n) is 1.90. The van der Waals surface area contributed by atoms with E-state index in [9.17, 15) is 13.2 Å². The van der Waals surface area contributed by atoms with Gasteiger partial charge in [0.25, 0.3) is 0 Å². The Balaban J connectivity index is 0. The molecule has 1 aliphatic heterocycles. The third-order valence-electron chi connectivity index (χ3n) is 3.44. The van der Waals surface area contributed by atoms with Crippen molar-refractivity contribution in [1.29, 1.82) is 0 Å². The van der Waals surface area contributed by atoms with Gasteiger partial charge in [-0.25, -0.2) is 4.98 Å². The summed E-state index contributed by atoms with van der Waals surface area (Å²) < 4.78 is 45.5. The number of rotatable bonds is 3. The van der Waals surface area contributed by atoms with Crippen molar-refractivity contribution >= 4 is 0 Å². The van der Waals surface area contributed by atoms with Gasteiger partial charge in [0.2, 0.25) is 5.88 Å². The lowest BCUT2D eigenvalue weighted by molar-refractivity contribution is -0.141. The van der Waals surface area contributed by atoms with E-state index in [1.165, 1.54) is 19.2 Å². The predicted octanol–water partition coefficient (Wildman–Crippen LogP) is 5.59. The van der Waals surface area contributed by atoms with Crippen LogP contribution in [0.5, 0.6) is 5.88 Å². The highest BCUT2D eigenvalue weighted by Gasteiger charge is 2.32. The lowest BCUT2D eigenvalue weighted by Crippen LogP contribution is -2.42. The molecule has 0 amide bonds. The summed E-state index contributed by atoms with van der Waals surface area (Å²) in [5, 5.41) is 18.1. The van der Waals surface area contributed by atoms with Crippen LogP contribution in [0.3, 0.4) is 0 Å². The van der Waals surface area contributed by atoms with Crippen molar-refractivity contribution in [3.63, 3.8) is 0 Å². The molecule has 8 heteroatoms. The molecule has 1 saturated heterocycles. The van der Waals surface area contributed by atoms with Gasteiger partial charge in [-0.3, -0.25) is 0 Å². The largest absolute Gasteiger partial charge is 0.481 e. The second-order valence-electron chi connectivity index (χ2n) is 7.36. The molecule has 0 saturated carbocycles. The third-order valence-corrected chi connectivity index (χ3v) is 3.44. The molecule has 2 heterocycles. The number of hydrogen-bond acceptors (Lipinski definition) is 5. The van der Waals surface area contributed by atoms with Gasteiger partial charge < -0.3 is 19.7 Å². The Morgan fingerprint density at radius 1 is 1.19 bits per heavy atom. The molecule has 2 N–H and O–H groups in total. The maximum absolute atomic E-state index is 12.0. The number of nitrogens with zero attached hydrogens (tertiary/aromatic N) is 1. The van der Waals surface area contributed by atoms with Crippen molar-refractivity contribution in [3.05, 3.63) is 60.9 Å². The van der Waals surface area contributed by atoms with E-state index in [1.807, 2.05) is 31.2 Å². The quantitative estimate of drug-likeness (QED) is 0.574. The number of allylic oxidation sites excluding steroid dienone is 5. The van der Waals surface area contributed by atoms with Crippen LogP contribution < -0.4 is 4.74 Å². The molecule has 1 aliphatic rings. The van der Waals surface area contributed by atoms with Crippen molar-refractivity contribution in [3.8, 4) is 5.88 Å². The van der Waals surface area contributed by atoms with Gasteiger partial charge in [-0.2, -0.15) is 13.2 Å². The molecule has 1 fully saturated rings. The first kappa shape index (κ1) is 32.0. The van der Waals surface area contributed by atoms with Crippen LogP contribution in [0.1, 0.15) is 46.7 Å². The molecule has 2 rings (SSSR count). The lowest BCUT2D eigenvalue weighted by Gasteiger charge is -2.29. The Morgan fingerprint density at radius 2 is 1.78 bits per heavy atom. The van der Waals surface area contributed by atoms with Crippen molar-refractivity contribution in [2.45, 2.75) is 65.5 Å². The summed E-state index contributed by atoms with van der Waals surface area (Å²) in [6, 6.07) is 3.49. The molecular formula is C24H38F3NO4. The van der Waals surface area contributed by atoms with Crippen LogP contribution in [0.4, 0.5) is 13.2 Å². The number of aromatic nitrogens is 1. The van der Waals surface area contributed by atoms with Crippen LogP contribution in [-0.4, -0.2) is 47.2 Å². The van der Waals surface area contributed by atoms with E-state index in [-0.39, 0.29) is 12.0 Å². The highest BCUT2D eigenvalue weighted by Crippen LogP contribution is 2.28. The van der Waals surface area contributed by atoms with Crippen LogP contribution in [-0.2, 0) is 10.9 Å². The van der Waals surface area contributed by atoms with Gasteiger partial charge in [0.05, 0.1) is 19.3 Å². The first-order valence-corrected chi connectivity index (χ1v) is 10.4. The van der Waals surface area contributed by atoms with Gasteiger partial charge >= 0.3 is 6.18 Å². The summed E-state index contributed by atoms with van der Waals surface area (Å²) in [4.78, 5) is 3.22. The monoisotopic (exact) mass is 461 g/mol. The number of methoxy groups -OCH3 is 1. The van der Waals surface area contributed by atoms with Gasteiger partial charge in [-0.15, -0.1) is 0 Å². The molecule has 1 aromatic rings. The van der Waals surface area contributed by atoms with Gasteiger partial charge in [-0.05, 0) is 32.3 Å². The molecule has 5 nitrogen and oxygen atoms in total. The Bertz CT molecular complexity index is 648. The molecule has 1 aromatic heterocycles. The second kappa shape index (κ2) is 18.4. The van der Waals surface area contributed by atoms with E-state index in [2.05, 4.69) is 37.1 Å². The highest BCUT2D eigenvalue weighted by atomic mass is 19.4. The van der Waals surface area contributed by atoms with Crippen molar-refractivity contribution in [2.24, 2.45) is 5.92 Å². The molecule has 0 aliphatic carbocycles. The Kier molecular flexibility index (Phi) is 18.4. The van der Waals surface area contributed by atoms with E-state index < -0.39 is 24.1 Å². The predicted molar refractivity (Wildman–Crippen MR) is 122 cm³/mol. The average Bonchev–Trinajstić information content (AvgIpc) is 2.72. The van der Waals surface area contributed by atoms with Crippen LogP contribution >= 0.6 is 0 Å². The van der Waals surface area contributed by atoms with Crippen LogP contribution in [0.2, 0.25) is 0 Å². The van der Waals surface area contributed by atoms with Gasteiger partial charge in [0, 0.05) is 12.7 Å². The molecule has 0 bridgehead atoms. The van der Waals surface area contributed by atoms with Crippen LogP contribution in [0.25, 0.3) is 0 Å². The summed E-state index contributed by atoms with van der Waals surface area (Å²) >= 11 is 0. The smallest absolute Gasteiger partial charge is 0.433 e. The highest BCUT2D eigenvalue weighted by molar-refractivity contribution is 5.17. The molecule has 3 unspecified atom stereocenters. The Morgan fingerprint density at radius 3 is 2.19 bits per heavy atom. The zero-order chi connectivity index (χ0) is 25.2. The van der Waals surface area contributed by atoms with Crippen molar-refractivity contribution in [1.82, 2.24) is 4.98 Å². The van der Waals surface area contributed by atoms with Crippen molar-refractivity contribution in [2.75, 3.05) is 13.7 Å². The second-order valence-corrected chi connectivity index (χ2v) is 7.36. The fraction of sp³-hybridized carbons (Fsp3) is 0.542. The summed E-state index contributed by atoms with van der Waals surface area (Å²) in [5.41, 5.74) is -0.943. The van der Waals surface area contributed by atoms with E-state index in [0.717, 1.165) is 12.0 Å². The molecule has 32 heavy (non-hydrogen) atoms.